The number of isocyanates is 1. The van der Waals surface area contributed by atoms with Crippen LogP contribution in [0.5, 0.6) is 0 Å². The first kappa shape index (κ1) is 8.88. The normalized spacial score (nSPS) is 41.2. The van der Waals surface area contributed by atoms with Gasteiger partial charge in [-0.05, 0) is 20.3 Å². The molecule has 0 aromatic heterocycles. The molecule has 0 amide bonds. The highest BCUT2D eigenvalue weighted by Crippen LogP contribution is 2.42. The van der Waals surface area contributed by atoms with E-state index in [1.54, 1.807) is 6.08 Å². The number of rotatable bonds is 2. The number of aliphatic imine (C=N–C) groups is 1. The number of hydrogen-bond acceptors (Lipinski definition) is 4. The molecule has 13 heavy (non-hydrogen) atoms. The van der Waals surface area contributed by atoms with Crippen LogP contribution < -0.4 is 0 Å². The van der Waals surface area contributed by atoms with Crippen LogP contribution in [-0.2, 0) is 14.3 Å². The van der Waals surface area contributed by atoms with Crippen LogP contribution in [0.25, 0.3) is 0 Å². The molecule has 3 atom stereocenters. The van der Waals surface area contributed by atoms with Gasteiger partial charge in [-0.1, -0.05) is 0 Å². The lowest BCUT2D eigenvalue weighted by atomic mass is 10.2. The maximum absolute atomic E-state index is 9.98. The summed E-state index contributed by atoms with van der Waals surface area (Å²) in [6, 6.07) is 0.125. The summed E-state index contributed by atoms with van der Waals surface area (Å²) in [5, 5.41) is 0. The van der Waals surface area contributed by atoms with Gasteiger partial charge in [-0.25, -0.2) is 9.79 Å². The quantitative estimate of drug-likeness (QED) is 0.471. The zero-order valence-corrected chi connectivity index (χ0v) is 7.82. The Balaban J connectivity index is 1.89. The molecule has 0 spiro atoms. The number of hydrogen-bond donors (Lipinski definition) is 0. The maximum Gasteiger partial charge on any atom is 0.235 e. The first-order valence-electron chi connectivity index (χ1n) is 4.51. The summed E-state index contributed by atoms with van der Waals surface area (Å²) in [4.78, 5) is 13.6. The van der Waals surface area contributed by atoms with E-state index in [2.05, 4.69) is 4.99 Å². The molecule has 0 bridgehead atoms. The van der Waals surface area contributed by atoms with Crippen molar-refractivity contribution in [3.63, 3.8) is 0 Å². The van der Waals surface area contributed by atoms with Crippen molar-refractivity contribution in [1.29, 1.82) is 0 Å². The highest BCUT2D eigenvalue weighted by Gasteiger charge is 2.49. The van der Waals surface area contributed by atoms with E-state index in [0.29, 0.717) is 12.5 Å². The Labute approximate surface area is 76.9 Å². The van der Waals surface area contributed by atoms with Gasteiger partial charge in [0.15, 0.2) is 5.79 Å². The van der Waals surface area contributed by atoms with Crippen molar-refractivity contribution in [2.75, 3.05) is 6.61 Å². The highest BCUT2D eigenvalue weighted by atomic mass is 16.7. The second-order valence-electron chi connectivity index (χ2n) is 4.05. The zero-order chi connectivity index (χ0) is 9.47. The molecule has 1 saturated carbocycles. The smallest absolute Gasteiger partial charge is 0.235 e. The molecule has 1 aliphatic carbocycles. The lowest BCUT2D eigenvalue weighted by Crippen LogP contribution is -2.22. The molecular weight excluding hydrogens is 170 g/mol. The molecule has 2 fully saturated rings. The van der Waals surface area contributed by atoms with E-state index in [1.165, 1.54) is 0 Å². The van der Waals surface area contributed by atoms with Crippen LogP contribution in [0, 0.1) is 5.92 Å². The van der Waals surface area contributed by atoms with Gasteiger partial charge in [0.25, 0.3) is 0 Å². The van der Waals surface area contributed by atoms with Crippen molar-refractivity contribution in [2.24, 2.45) is 10.9 Å². The fourth-order valence-electron chi connectivity index (χ4n) is 1.74. The lowest BCUT2D eigenvalue weighted by molar-refractivity contribution is -0.140. The average molecular weight is 183 g/mol. The Kier molecular flexibility index (Phi) is 1.99. The Morgan fingerprint density at radius 1 is 1.54 bits per heavy atom. The Bertz CT molecular complexity index is 258. The van der Waals surface area contributed by atoms with Gasteiger partial charge < -0.3 is 9.47 Å². The van der Waals surface area contributed by atoms with Gasteiger partial charge in [0.1, 0.15) is 0 Å². The summed E-state index contributed by atoms with van der Waals surface area (Å²) >= 11 is 0. The van der Waals surface area contributed by atoms with Gasteiger partial charge in [-0.3, -0.25) is 0 Å². The molecule has 2 aliphatic rings. The fourth-order valence-corrected chi connectivity index (χ4v) is 1.74. The summed E-state index contributed by atoms with van der Waals surface area (Å²) < 4.78 is 11.1. The fraction of sp³-hybridized carbons (Fsp3) is 0.889. The predicted molar refractivity (Wildman–Crippen MR) is 44.9 cm³/mol. The van der Waals surface area contributed by atoms with Crippen molar-refractivity contribution in [1.82, 2.24) is 0 Å². The zero-order valence-electron chi connectivity index (χ0n) is 7.82. The molecule has 1 heterocycles. The van der Waals surface area contributed by atoms with E-state index < -0.39 is 5.79 Å². The molecule has 1 saturated heterocycles. The highest BCUT2D eigenvalue weighted by molar-refractivity contribution is 5.35. The molecule has 4 nitrogen and oxygen atoms in total. The Morgan fingerprint density at radius 3 is 2.85 bits per heavy atom. The van der Waals surface area contributed by atoms with Crippen molar-refractivity contribution < 1.29 is 14.3 Å². The van der Waals surface area contributed by atoms with Crippen molar-refractivity contribution in [2.45, 2.75) is 38.2 Å². The van der Waals surface area contributed by atoms with E-state index >= 15 is 0 Å². The van der Waals surface area contributed by atoms with Crippen LogP contribution in [0.15, 0.2) is 4.99 Å². The van der Waals surface area contributed by atoms with Crippen LogP contribution >= 0.6 is 0 Å². The third-order valence-corrected chi connectivity index (χ3v) is 2.53. The molecule has 2 rings (SSSR count). The maximum atomic E-state index is 9.98. The molecule has 4 heteroatoms. The topological polar surface area (TPSA) is 47.9 Å². The van der Waals surface area contributed by atoms with E-state index in [4.69, 9.17) is 9.47 Å². The van der Waals surface area contributed by atoms with Crippen LogP contribution in [0.3, 0.4) is 0 Å². The molecule has 0 aromatic carbocycles. The molecular formula is C9H13NO3. The molecule has 72 valence electrons. The van der Waals surface area contributed by atoms with Gasteiger partial charge in [0.2, 0.25) is 6.08 Å². The van der Waals surface area contributed by atoms with Crippen LogP contribution in [0.2, 0.25) is 0 Å². The first-order valence-corrected chi connectivity index (χ1v) is 4.51. The average Bonchev–Trinajstić information content (AvgIpc) is 2.70. The monoisotopic (exact) mass is 183 g/mol. The van der Waals surface area contributed by atoms with Crippen LogP contribution in [0.1, 0.15) is 20.3 Å². The standard InChI is InChI=1S/C9H13NO3/c1-9(2)12-4-8(13-9)6-3-7(6)10-5-11/h6-8H,3-4H2,1-2H3/t6-,7+,8-/m0/s1. The summed E-state index contributed by atoms with van der Waals surface area (Å²) in [5.41, 5.74) is 0. The van der Waals surface area contributed by atoms with E-state index in [1.807, 2.05) is 13.8 Å². The van der Waals surface area contributed by atoms with Gasteiger partial charge in [-0.15, -0.1) is 0 Å². The molecule has 0 aromatic rings. The SMILES string of the molecule is CC1(C)OC[C@@H]([C@H]2C[C@H]2N=C=O)O1. The summed E-state index contributed by atoms with van der Waals surface area (Å²) in [6.45, 7) is 4.41. The second kappa shape index (κ2) is 2.91. The molecule has 0 unspecified atom stereocenters. The van der Waals surface area contributed by atoms with E-state index in [9.17, 15) is 4.79 Å². The molecule has 0 N–H and O–H groups in total. The largest absolute Gasteiger partial charge is 0.348 e. The first-order chi connectivity index (χ1) is 6.12. The number of carbonyl (C=O) groups excluding carboxylic acids is 1. The third-order valence-electron chi connectivity index (χ3n) is 2.53. The van der Waals surface area contributed by atoms with Crippen molar-refractivity contribution >= 4 is 6.08 Å². The Morgan fingerprint density at radius 2 is 2.31 bits per heavy atom. The second-order valence-corrected chi connectivity index (χ2v) is 4.05. The van der Waals surface area contributed by atoms with Gasteiger partial charge in [0, 0.05) is 5.92 Å². The predicted octanol–water partition coefficient (Wildman–Crippen LogP) is 0.862. The molecule has 1 aliphatic heterocycles. The third kappa shape index (κ3) is 1.80. The molecule has 0 radical (unpaired) electrons. The van der Waals surface area contributed by atoms with E-state index in [-0.39, 0.29) is 12.1 Å². The summed E-state index contributed by atoms with van der Waals surface area (Å²) in [7, 11) is 0. The minimum absolute atomic E-state index is 0.108. The van der Waals surface area contributed by atoms with E-state index in [0.717, 1.165) is 6.42 Å². The summed E-state index contributed by atoms with van der Waals surface area (Å²) in [5.74, 6) is -0.105. The minimum Gasteiger partial charge on any atom is -0.348 e. The Hall–Kier alpha value is -0.700. The van der Waals surface area contributed by atoms with Crippen LogP contribution in [0.4, 0.5) is 0 Å². The van der Waals surface area contributed by atoms with Gasteiger partial charge in [-0.2, -0.15) is 0 Å². The van der Waals surface area contributed by atoms with Crippen molar-refractivity contribution in [3.8, 4) is 0 Å². The minimum atomic E-state index is -0.470. The van der Waals surface area contributed by atoms with Crippen LogP contribution in [-0.4, -0.2) is 30.6 Å². The van der Waals surface area contributed by atoms with Gasteiger partial charge in [0.05, 0.1) is 18.8 Å². The summed E-state index contributed by atoms with van der Waals surface area (Å²) in [6.07, 6.45) is 2.62. The number of ether oxygens (including phenoxy) is 2. The van der Waals surface area contributed by atoms with Gasteiger partial charge >= 0.3 is 0 Å². The lowest BCUT2D eigenvalue weighted by Gasteiger charge is -2.16. The van der Waals surface area contributed by atoms with Crippen molar-refractivity contribution in [3.05, 3.63) is 0 Å². The number of nitrogens with zero attached hydrogens (tertiary/aromatic N) is 1.